The average molecular weight is 479 g/mol. The number of allylic oxidation sites excluding steroid dienone is 2. The van der Waals surface area contributed by atoms with Crippen LogP contribution in [0.5, 0.6) is 0 Å². The third kappa shape index (κ3) is 3.16. The van der Waals surface area contributed by atoms with Gasteiger partial charge in [0.25, 0.3) is 5.56 Å². The molecule has 32 heavy (non-hydrogen) atoms. The van der Waals surface area contributed by atoms with Crippen molar-refractivity contribution in [2.45, 2.75) is 19.0 Å². The number of thiophene rings is 1. The molecule has 2 aromatic heterocycles. The molecule has 0 fully saturated rings. The number of Topliss-reactive ketones (excluding diaryl/α,β-unsaturated/α-hetero) is 2. The normalized spacial score (nSPS) is 13.7. The van der Waals surface area contributed by atoms with Crippen LogP contribution in [-0.4, -0.2) is 21.1 Å². The van der Waals surface area contributed by atoms with Crippen molar-refractivity contribution in [3.05, 3.63) is 96.5 Å². The highest BCUT2D eigenvalue weighted by atomic mass is 35.5. The number of carbonyl (C=O) groups excluding carboxylic acids is 2. The smallest absolute Gasteiger partial charge is 0.267 e. The molecule has 8 heteroatoms. The Morgan fingerprint density at radius 2 is 1.53 bits per heavy atom. The number of hydrogen-bond donors (Lipinski definition) is 0. The molecule has 2 heterocycles. The molecule has 2 aromatic carbocycles. The van der Waals surface area contributed by atoms with Crippen molar-refractivity contribution in [1.29, 1.82) is 0 Å². The first-order valence-corrected chi connectivity index (χ1v) is 11.7. The highest BCUT2D eigenvalue weighted by Crippen LogP contribution is 2.39. The van der Waals surface area contributed by atoms with Crippen LogP contribution in [0.2, 0.25) is 0 Å². The molecule has 0 aliphatic heterocycles. The van der Waals surface area contributed by atoms with Gasteiger partial charge in [0.1, 0.15) is 9.86 Å². The van der Waals surface area contributed by atoms with Crippen LogP contribution in [0.4, 0.5) is 0 Å². The first-order valence-electron chi connectivity index (χ1n) is 9.72. The van der Waals surface area contributed by atoms with Crippen molar-refractivity contribution >= 4 is 56.5 Å². The van der Waals surface area contributed by atoms with E-state index in [1.165, 1.54) is 15.9 Å². The zero-order chi connectivity index (χ0) is 22.6. The van der Waals surface area contributed by atoms with E-state index >= 15 is 0 Å². The Morgan fingerprint density at radius 1 is 0.906 bits per heavy atom. The maximum atomic E-state index is 13.6. The molecule has 0 amide bonds. The van der Waals surface area contributed by atoms with E-state index in [9.17, 15) is 14.4 Å². The van der Waals surface area contributed by atoms with Gasteiger partial charge in [0, 0.05) is 16.0 Å². The molecular formula is C24H15ClN2O3S2. The van der Waals surface area contributed by atoms with Gasteiger partial charge in [0.05, 0.1) is 16.0 Å². The lowest BCUT2D eigenvalue weighted by atomic mass is 9.95. The summed E-state index contributed by atoms with van der Waals surface area (Å²) in [7, 11) is 0. The summed E-state index contributed by atoms with van der Waals surface area (Å²) in [5.41, 5.74) is 1.85. The predicted octanol–water partition coefficient (Wildman–Crippen LogP) is 5.69. The molecule has 158 valence electrons. The monoisotopic (exact) mass is 478 g/mol. The first-order chi connectivity index (χ1) is 15.4. The second-order valence-corrected chi connectivity index (χ2v) is 9.84. The van der Waals surface area contributed by atoms with Gasteiger partial charge >= 0.3 is 0 Å². The highest BCUT2D eigenvalue weighted by molar-refractivity contribution is 8.04. The van der Waals surface area contributed by atoms with Gasteiger partial charge in [-0.1, -0.05) is 54.1 Å². The molecule has 5 nitrogen and oxygen atoms in total. The maximum Gasteiger partial charge on any atom is 0.267 e. The van der Waals surface area contributed by atoms with E-state index < -0.39 is 5.78 Å². The zero-order valence-electron chi connectivity index (χ0n) is 17.0. The predicted molar refractivity (Wildman–Crippen MR) is 129 cm³/mol. The molecule has 0 unspecified atom stereocenters. The summed E-state index contributed by atoms with van der Waals surface area (Å²) >= 11 is 8.74. The van der Waals surface area contributed by atoms with Crippen molar-refractivity contribution in [2.75, 3.05) is 0 Å². The Bertz CT molecular complexity index is 1530. The minimum atomic E-state index is -0.415. The number of rotatable bonds is 3. The molecule has 0 radical (unpaired) electrons. The zero-order valence-corrected chi connectivity index (χ0v) is 19.4. The minimum absolute atomic E-state index is 0.0660. The lowest BCUT2D eigenvalue weighted by Crippen LogP contribution is -2.23. The summed E-state index contributed by atoms with van der Waals surface area (Å²) in [5.74, 6) is -0.774. The van der Waals surface area contributed by atoms with Gasteiger partial charge in [0.15, 0.2) is 5.16 Å². The largest absolute Gasteiger partial charge is 0.288 e. The Hall–Kier alpha value is -3.00. The van der Waals surface area contributed by atoms with Gasteiger partial charge in [-0.3, -0.25) is 19.0 Å². The summed E-state index contributed by atoms with van der Waals surface area (Å²) < 4.78 is 1.47. The fraction of sp³-hybridized carbons (Fsp3) is 0.0833. The number of aryl methyl sites for hydroxylation is 2. The minimum Gasteiger partial charge on any atom is -0.288 e. The molecule has 0 atom stereocenters. The van der Waals surface area contributed by atoms with Crippen molar-refractivity contribution in [2.24, 2.45) is 0 Å². The highest BCUT2D eigenvalue weighted by Gasteiger charge is 2.33. The van der Waals surface area contributed by atoms with E-state index in [-0.39, 0.29) is 32.0 Å². The lowest BCUT2D eigenvalue weighted by molar-refractivity contribution is 0.0987. The Morgan fingerprint density at radius 3 is 2.22 bits per heavy atom. The summed E-state index contributed by atoms with van der Waals surface area (Å²) in [4.78, 5) is 46.0. The van der Waals surface area contributed by atoms with E-state index in [0.717, 1.165) is 22.2 Å². The third-order valence-electron chi connectivity index (χ3n) is 5.40. The Kier molecular flexibility index (Phi) is 5.12. The second kappa shape index (κ2) is 7.85. The number of halogens is 1. The van der Waals surface area contributed by atoms with Gasteiger partial charge in [-0.2, -0.15) is 0 Å². The maximum absolute atomic E-state index is 13.6. The molecule has 0 saturated heterocycles. The average Bonchev–Trinajstić information content (AvgIpc) is 3.09. The molecule has 0 N–H and O–H groups in total. The number of benzene rings is 2. The van der Waals surface area contributed by atoms with Crippen LogP contribution in [0.1, 0.15) is 31.2 Å². The van der Waals surface area contributed by atoms with E-state index in [1.54, 1.807) is 36.4 Å². The molecule has 1 aliphatic rings. The molecular weight excluding hydrogens is 464 g/mol. The number of aromatic nitrogens is 2. The summed E-state index contributed by atoms with van der Waals surface area (Å²) in [6, 6.07) is 15.7. The van der Waals surface area contributed by atoms with E-state index in [0.29, 0.717) is 21.5 Å². The van der Waals surface area contributed by atoms with E-state index in [2.05, 4.69) is 0 Å². The van der Waals surface area contributed by atoms with E-state index in [1.807, 2.05) is 32.0 Å². The fourth-order valence-electron chi connectivity index (χ4n) is 3.65. The van der Waals surface area contributed by atoms with Crippen LogP contribution in [-0.2, 0) is 0 Å². The third-order valence-corrected chi connectivity index (χ3v) is 8.03. The van der Waals surface area contributed by atoms with Gasteiger partial charge in [0.2, 0.25) is 11.6 Å². The summed E-state index contributed by atoms with van der Waals surface area (Å²) in [6.07, 6.45) is 0. The van der Waals surface area contributed by atoms with Crippen LogP contribution >= 0.6 is 34.7 Å². The lowest BCUT2D eigenvalue weighted by Gasteiger charge is -2.18. The van der Waals surface area contributed by atoms with Gasteiger partial charge in [-0.25, -0.2) is 4.98 Å². The Balaban J connectivity index is 1.75. The number of thioether (sulfide) groups is 1. The number of fused-ring (bicyclic) bond motifs is 2. The first kappa shape index (κ1) is 20.9. The number of nitrogens with zero attached hydrogens (tertiary/aromatic N) is 2. The van der Waals surface area contributed by atoms with Gasteiger partial charge in [-0.05, 0) is 43.3 Å². The van der Waals surface area contributed by atoms with Crippen LogP contribution in [0.3, 0.4) is 0 Å². The molecule has 0 bridgehead atoms. The molecule has 5 rings (SSSR count). The molecule has 0 spiro atoms. The summed E-state index contributed by atoms with van der Waals surface area (Å²) in [5, 5.41) is 0.673. The number of carbonyl (C=O) groups is 2. The summed E-state index contributed by atoms with van der Waals surface area (Å²) in [6.45, 7) is 3.85. The number of para-hydroxylation sites is 1. The van der Waals surface area contributed by atoms with Crippen LogP contribution in [0, 0.1) is 13.8 Å². The van der Waals surface area contributed by atoms with Gasteiger partial charge in [-0.15, -0.1) is 11.3 Å². The van der Waals surface area contributed by atoms with Crippen molar-refractivity contribution in [3.8, 4) is 5.69 Å². The molecule has 1 aliphatic carbocycles. The van der Waals surface area contributed by atoms with Crippen LogP contribution in [0.15, 0.2) is 74.5 Å². The second-order valence-electron chi connectivity index (χ2n) is 7.28. The van der Waals surface area contributed by atoms with Crippen molar-refractivity contribution < 1.29 is 9.59 Å². The number of hydrogen-bond acceptors (Lipinski definition) is 6. The Labute approximate surface area is 196 Å². The quantitative estimate of drug-likeness (QED) is 0.354. The fourth-order valence-corrected chi connectivity index (χ4v) is 6.02. The van der Waals surface area contributed by atoms with Crippen LogP contribution in [0.25, 0.3) is 15.9 Å². The number of ketones is 2. The van der Waals surface area contributed by atoms with Gasteiger partial charge < -0.3 is 0 Å². The SMILES string of the molecule is Cc1sc2nc(SC3=C(Cl)C(=O)c4ccccc4C3=O)n(-c3ccccc3)c(=O)c2c1C. The molecule has 0 saturated carbocycles. The molecule has 4 aromatic rings. The van der Waals surface area contributed by atoms with Crippen molar-refractivity contribution in [1.82, 2.24) is 9.55 Å². The van der Waals surface area contributed by atoms with Crippen LogP contribution < -0.4 is 5.56 Å². The standard InChI is InChI=1S/C24H15ClN2O3S2/c1-12-13(2)31-22-17(12)23(30)27(14-8-4-3-5-9-14)24(26-22)32-21-18(25)19(28)15-10-6-7-11-16(15)20(21)29/h3-11H,1-2H3. The van der Waals surface area contributed by atoms with Crippen molar-refractivity contribution in [3.63, 3.8) is 0 Å². The topological polar surface area (TPSA) is 69.0 Å². The van der Waals surface area contributed by atoms with E-state index in [4.69, 9.17) is 16.6 Å².